The van der Waals surface area contributed by atoms with Crippen LogP contribution in [0.4, 0.5) is 0 Å². The van der Waals surface area contributed by atoms with Crippen LogP contribution in [0.1, 0.15) is 76.5 Å². The number of hydrogen-bond acceptors (Lipinski definition) is 5. The predicted molar refractivity (Wildman–Crippen MR) is 109 cm³/mol. The highest BCUT2D eigenvalue weighted by molar-refractivity contribution is 5.95. The molecule has 152 valence electrons. The lowest BCUT2D eigenvalue weighted by Crippen LogP contribution is -2.39. The van der Waals surface area contributed by atoms with Crippen molar-refractivity contribution in [1.29, 1.82) is 0 Å². The highest BCUT2D eigenvalue weighted by atomic mass is 16.2. The maximum atomic E-state index is 12.9. The van der Waals surface area contributed by atoms with E-state index in [1.54, 1.807) is 12.4 Å². The third kappa shape index (κ3) is 4.44. The number of hydrogen-bond donors (Lipinski definition) is 1. The summed E-state index contributed by atoms with van der Waals surface area (Å²) in [5.41, 5.74) is 2.78. The Bertz CT molecular complexity index is 877. The summed E-state index contributed by atoms with van der Waals surface area (Å²) in [7, 11) is 0. The van der Waals surface area contributed by atoms with Gasteiger partial charge >= 0.3 is 0 Å². The van der Waals surface area contributed by atoms with E-state index in [4.69, 9.17) is 0 Å². The van der Waals surface area contributed by atoms with E-state index in [0.29, 0.717) is 29.4 Å². The van der Waals surface area contributed by atoms with Crippen LogP contribution < -0.4 is 5.32 Å². The van der Waals surface area contributed by atoms with Crippen molar-refractivity contribution in [1.82, 2.24) is 25.2 Å². The van der Waals surface area contributed by atoms with E-state index in [-0.39, 0.29) is 17.7 Å². The van der Waals surface area contributed by atoms with E-state index in [0.717, 1.165) is 37.9 Å². The molecule has 3 heterocycles. The van der Waals surface area contributed by atoms with E-state index in [2.05, 4.69) is 20.3 Å². The smallest absolute Gasteiger partial charge is 0.257 e. The van der Waals surface area contributed by atoms with Crippen LogP contribution in [0.15, 0.2) is 30.9 Å². The first kappa shape index (κ1) is 19.5. The summed E-state index contributed by atoms with van der Waals surface area (Å²) in [6.07, 6.45) is 11.1. The van der Waals surface area contributed by atoms with Crippen LogP contribution >= 0.6 is 0 Å². The molecule has 0 bridgehead atoms. The van der Waals surface area contributed by atoms with Gasteiger partial charge in [0.05, 0.1) is 16.8 Å². The number of aryl methyl sites for hydroxylation is 1. The number of pyridine rings is 1. The zero-order valence-electron chi connectivity index (χ0n) is 16.8. The molecule has 0 aromatic carbocycles. The molecule has 7 nitrogen and oxygen atoms in total. The third-order valence-corrected chi connectivity index (χ3v) is 6.01. The maximum Gasteiger partial charge on any atom is 0.257 e. The first-order valence-corrected chi connectivity index (χ1v) is 10.4. The summed E-state index contributed by atoms with van der Waals surface area (Å²) in [5.74, 6) is 0.0980. The molecule has 2 fully saturated rings. The number of nitrogens with zero attached hydrogens (tertiary/aromatic N) is 4. The number of nitrogens with one attached hydrogen (secondary N) is 1. The lowest BCUT2D eigenvalue weighted by atomic mass is 9.93. The summed E-state index contributed by atoms with van der Waals surface area (Å²) in [6, 6.07) is 4.08. The Balaban J connectivity index is 1.41. The van der Waals surface area contributed by atoms with Gasteiger partial charge in [0.25, 0.3) is 11.8 Å². The van der Waals surface area contributed by atoms with E-state index < -0.39 is 0 Å². The predicted octanol–water partition coefficient (Wildman–Crippen LogP) is 2.87. The van der Waals surface area contributed by atoms with Crippen LogP contribution in [0.3, 0.4) is 0 Å². The summed E-state index contributed by atoms with van der Waals surface area (Å²) >= 11 is 0. The quantitative estimate of drug-likeness (QED) is 0.863. The maximum absolute atomic E-state index is 12.9. The van der Waals surface area contributed by atoms with Crippen LogP contribution in [0.25, 0.3) is 0 Å². The molecule has 0 radical (unpaired) electrons. The van der Waals surface area contributed by atoms with Crippen molar-refractivity contribution in [3.8, 4) is 0 Å². The molecule has 0 spiro atoms. The van der Waals surface area contributed by atoms with Crippen molar-refractivity contribution >= 4 is 11.8 Å². The molecule has 2 aromatic rings. The molecule has 2 aliphatic rings. The van der Waals surface area contributed by atoms with Gasteiger partial charge in [-0.2, -0.15) is 0 Å². The normalized spacial score (nSPS) is 19.9. The SMILES string of the molecule is Cc1ncncc1C(=O)N1CCC[C@@H](c2ccc(C(=O)NC3CCCC3)cn2)C1. The molecule has 0 unspecified atom stereocenters. The number of amides is 2. The Hall–Kier alpha value is -2.83. The van der Waals surface area contributed by atoms with Gasteiger partial charge in [0.15, 0.2) is 0 Å². The largest absolute Gasteiger partial charge is 0.349 e. The fraction of sp³-hybridized carbons (Fsp3) is 0.500. The molecule has 1 saturated carbocycles. The monoisotopic (exact) mass is 393 g/mol. The van der Waals surface area contributed by atoms with Gasteiger partial charge < -0.3 is 10.2 Å². The number of piperidine rings is 1. The molecule has 1 aliphatic heterocycles. The Morgan fingerprint density at radius 2 is 1.90 bits per heavy atom. The second-order valence-electron chi connectivity index (χ2n) is 8.04. The van der Waals surface area contributed by atoms with Gasteiger partial charge in [-0.25, -0.2) is 9.97 Å². The Kier molecular flexibility index (Phi) is 5.83. The summed E-state index contributed by atoms with van der Waals surface area (Å²) in [5, 5.41) is 3.10. The minimum absolute atomic E-state index is 0.0274. The number of aromatic nitrogens is 3. The lowest BCUT2D eigenvalue weighted by molar-refractivity contribution is 0.0704. The molecule has 2 amide bonds. The van der Waals surface area contributed by atoms with E-state index in [1.165, 1.54) is 19.2 Å². The highest BCUT2D eigenvalue weighted by Gasteiger charge is 2.27. The van der Waals surface area contributed by atoms with E-state index in [1.807, 2.05) is 24.0 Å². The van der Waals surface area contributed by atoms with Gasteiger partial charge in [-0.15, -0.1) is 0 Å². The van der Waals surface area contributed by atoms with Crippen molar-refractivity contribution < 1.29 is 9.59 Å². The molecule has 7 heteroatoms. The van der Waals surface area contributed by atoms with Gasteiger partial charge in [0, 0.05) is 43.1 Å². The summed E-state index contributed by atoms with van der Waals surface area (Å²) in [6.45, 7) is 3.17. The van der Waals surface area contributed by atoms with Crippen LogP contribution in [0.2, 0.25) is 0 Å². The van der Waals surface area contributed by atoms with Crippen LogP contribution in [0.5, 0.6) is 0 Å². The van der Waals surface area contributed by atoms with Crippen molar-refractivity contribution in [3.63, 3.8) is 0 Å². The first-order chi connectivity index (χ1) is 14.1. The topological polar surface area (TPSA) is 88.1 Å². The van der Waals surface area contributed by atoms with Gasteiger partial charge in [-0.05, 0) is 44.7 Å². The fourth-order valence-corrected chi connectivity index (χ4v) is 4.29. The molecule has 2 aromatic heterocycles. The molecular weight excluding hydrogens is 366 g/mol. The summed E-state index contributed by atoms with van der Waals surface area (Å²) in [4.78, 5) is 39.8. The van der Waals surface area contributed by atoms with E-state index >= 15 is 0 Å². The highest BCUT2D eigenvalue weighted by Crippen LogP contribution is 2.27. The van der Waals surface area contributed by atoms with E-state index in [9.17, 15) is 9.59 Å². The third-order valence-electron chi connectivity index (χ3n) is 6.01. The molecule has 1 N–H and O–H groups in total. The molecular formula is C22H27N5O2. The Morgan fingerprint density at radius 3 is 2.62 bits per heavy atom. The Labute approximate surface area is 171 Å². The molecule has 1 saturated heterocycles. The van der Waals surface area contributed by atoms with Gasteiger partial charge in [-0.3, -0.25) is 14.6 Å². The summed E-state index contributed by atoms with van der Waals surface area (Å²) < 4.78 is 0. The number of carbonyl (C=O) groups is 2. The second kappa shape index (κ2) is 8.68. The second-order valence-corrected chi connectivity index (χ2v) is 8.04. The Morgan fingerprint density at radius 1 is 1.07 bits per heavy atom. The van der Waals surface area contributed by atoms with Gasteiger partial charge in [0.2, 0.25) is 0 Å². The fourth-order valence-electron chi connectivity index (χ4n) is 4.29. The molecule has 4 rings (SSSR count). The zero-order valence-corrected chi connectivity index (χ0v) is 16.8. The molecule has 29 heavy (non-hydrogen) atoms. The lowest BCUT2D eigenvalue weighted by Gasteiger charge is -2.32. The number of carbonyl (C=O) groups excluding carboxylic acids is 2. The van der Waals surface area contributed by atoms with Crippen molar-refractivity contribution in [2.24, 2.45) is 0 Å². The van der Waals surface area contributed by atoms with Gasteiger partial charge in [-0.1, -0.05) is 12.8 Å². The van der Waals surface area contributed by atoms with Crippen molar-refractivity contribution in [2.45, 2.75) is 57.4 Å². The number of likely N-dealkylation sites (tertiary alicyclic amines) is 1. The number of rotatable bonds is 4. The van der Waals surface area contributed by atoms with Crippen LogP contribution in [-0.2, 0) is 0 Å². The van der Waals surface area contributed by atoms with Gasteiger partial charge in [0.1, 0.15) is 6.33 Å². The molecule has 1 atom stereocenters. The average Bonchev–Trinajstić information content (AvgIpc) is 3.27. The zero-order chi connectivity index (χ0) is 20.2. The average molecular weight is 393 g/mol. The minimum atomic E-state index is -0.0454. The standard InChI is InChI=1S/C22H27N5O2/c1-15-19(12-23-14-25-15)22(29)27-10-4-5-17(13-27)20-9-8-16(11-24-20)21(28)26-18-6-2-3-7-18/h8-9,11-12,14,17-18H,2-7,10,13H2,1H3,(H,26,28)/t17-/m1/s1. The first-order valence-electron chi connectivity index (χ1n) is 10.4. The van der Waals surface area contributed by atoms with Crippen molar-refractivity contribution in [2.75, 3.05) is 13.1 Å². The van der Waals surface area contributed by atoms with Crippen molar-refractivity contribution in [3.05, 3.63) is 53.4 Å². The van der Waals surface area contributed by atoms with Crippen LogP contribution in [0, 0.1) is 6.92 Å². The van der Waals surface area contributed by atoms with Crippen LogP contribution in [-0.4, -0.2) is 50.8 Å². The minimum Gasteiger partial charge on any atom is -0.349 e. The molecule has 1 aliphatic carbocycles.